The van der Waals surface area contributed by atoms with Gasteiger partial charge in [-0.3, -0.25) is 0 Å². The van der Waals surface area contributed by atoms with Crippen LogP contribution in [0.15, 0.2) is 0 Å². The molecule has 9 atom stereocenters. The summed E-state index contributed by atoms with van der Waals surface area (Å²) in [6, 6.07) is 0. The molecule has 1 aliphatic heterocycles. The van der Waals surface area contributed by atoms with E-state index in [9.17, 15) is 0 Å². The first-order chi connectivity index (χ1) is 11.0. The van der Waals surface area contributed by atoms with Crippen molar-refractivity contribution in [1.82, 2.24) is 4.98 Å². The van der Waals surface area contributed by atoms with Crippen LogP contribution >= 0.6 is 7.92 Å². The third-order valence-electron chi connectivity index (χ3n) is 8.68. The van der Waals surface area contributed by atoms with Crippen LogP contribution in [0.4, 0.5) is 0 Å². The van der Waals surface area contributed by atoms with E-state index in [1.165, 1.54) is 19.3 Å². The quantitative estimate of drug-likeness (QED) is 0.510. The van der Waals surface area contributed by atoms with Crippen molar-refractivity contribution in [2.45, 2.75) is 81.8 Å². The van der Waals surface area contributed by atoms with Crippen LogP contribution < -0.4 is 4.98 Å². The van der Waals surface area contributed by atoms with Crippen LogP contribution in [0, 0.1) is 29.6 Å². The van der Waals surface area contributed by atoms with Crippen molar-refractivity contribution >= 4 is 16.2 Å². The molecule has 1 N–H and O–H groups in total. The first-order valence-electron chi connectivity index (χ1n) is 10.4. The van der Waals surface area contributed by atoms with Gasteiger partial charge in [0.05, 0.1) is 0 Å². The Morgan fingerprint density at radius 2 is 1.65 bits per heavy atom. The highest BCUT2D eigenvalue weighted by atomic mass is 31.1. The lowest BCUT2D eigenvalue weighted by molar-refractivity contribution is 0.147. The summed E-state index contributed by atoms with van der Waals surface area (Å²) in [6.45, 7) is 10.6. The summed E-state index contributed by atoms with van der Waals surface area (Å²) in [6.07, 6.45) is 10.9. The molecule has 0 aromatic carbocycles. The fourth-order valence-electron chi connectivity index (χ4n) is 7.63. The molecule has 4 rings (SSSR count). The highest BCUT2D eigenvalue weighted by molar-refractivity contribution is 7.59. The molecular weight excluding hydrogens is 313 g/mol. The lowest BCUT2D eigenvalue weighted by Gasteiger charge is -2.43. The van der Waals surface area contributed by atoms with E-state index in [1.807, 2.05) is 0 Å². The van der Waals surface area contributed by atoms with E-state index in [-0.39, 0.29) is 7.92 Å². The van der Waals surface area contributed by atoms with Crippen LogP contribution in [-0.2, 0) is 0 Å². The van der Waals surface area contributed by atoms with Gasteiger partial charge in [-0.1, -0.05) is 45.7 Å². The zero-order valence-electron chi connectivity index (χ0n) is 16.0. The predicted octanol–water partition coefficient (Wildman–Crippen LogP) is 5.52. The molecule has 132 valence electrons. The molecule has 3 aliphatic carbocycles. The Kier molecular flexibility index (Phi) is 4.52. The third-order valence-corrected chi connectivity index (χ3v) is 16.0. The van der Waals surface area contributed by atoms with Crippen molar-refractivity contribution in [2.75, 3.05) is 13.7 Å². The molecule has 0 spiro atoms. The third kappa shape index (κ3) is 2.53. The molecule has 23 heavy (non-hydrogen) atoms. The molecule has 0 aromatic heterocycles. The van der Waals surface area contributed by atoms with Crippen molar-refractivity contribution in [2.24, 2.45) is 29.6 Å². The summed E-state index contributed by atoms with van der Waals surface area (Å²) < 4.78 is 0. The maximum Gasteiger partial charge on any atom is 0.123 e. The number of rotatable bonds is 2. The van der Waals surface area contributed by atoms with Crippen LogP contribution in [0.25, 0.3) is 0 Å². The van der Waals surface area contributed by atoms with Gasteiger partial charge in [-0.2, -0.15) is 0 Å². The second-order valence-electron chi connectivity index (χ2n) is 9.99. The van der Waals surface area contributed by atoms with Crippen molar-refractivity contribution in [3.05, 3.63) is 0 Å². The fourth-order valence-corrected chi connectivity index (χ4v) is 16.0. The van der Waals surface area contributed by atoms with Gasteiger partial charge >= 0.3 is 0 Å². The van der Waals surface area contributed by atoms with E-state index in [2.05, 4.69) is 38.7 Å². The Morgan fingerprint density at radius 3 is 2.35 bits per heavy atom. The summed E-state index contributed by atoms with van der Waals surface area (Å²) in [4.78, 5) is 3.89. The van der Waals surface area contributed by atoms with E-state index in [0.717, 1.165) is 46.4 Å². The van der Waals surface area contributed by atoms with Gasteiger partial charge in [-0.05, 0) is 79.4 Å². The number of hydrogen-bond donors (Lipinski definition) is 1. The van der Waals surface area contributed by atoms with Crippen LogP contribution in [0.2, 0.25) is 18.6 Å². The SMILES string of the molecule is CN[Si](C)(C)C1C2CCCCC2C2C3CC(C)CCC3P(C)C21. The maximum absolute atomic E-state index is 3.89. The minimum atomic E-state index is -1.30. The zero-order valence-corrected chi connectivity index (χ0v) is 17.9. The maximum atomic E-state index is 3.89. The number of hydrogen-bond acceptors (Lipinski definition) is 1. The molecule has 3 saturated carbocycles. The van der Waals surface area contributed by atoms with Crippen LogP contribution in [0.5, 0.6) is 0 Å². The van der Waals surface area contributed by atoms with Crippen LogP contribution in [0.3, 0.4) is 0 Å². The Morgan fingerprint density at radius 1 is 0.957 bits per heavy atom. The lowest BCUT2D eigenvalue weighted by Crippen LogP contribution is -2.51. The zero-order chi connectivity index (χ0) is 16.4. The molecular formula is C20H38NPSi. The standard InChI is InChI=1S/C20H38NPSi/c1-13-10-11-17-16(12-13)18-14-8-6-7-9-15(14)20(19(18)22(17)3)23(4,5)21-2/h13-21H,6-12H2,1-5H3. The molecule has 0 amide bonds. The van der Waals surface area contributed by atoms with Gasteiger partial charge < -0.3 is 4.98 Å². The van der Waals surface area contributed by atoms with E-state index < -0.39 is 8.24 Å². The van der Waals surface area contributed by atoms with Crippen molar-refractivity contribution in [3.8, 4) is 0 Å². The monoisotopic (exact) mass is 351 g/mol. The highest BCUT2D eigenvalue weighted by Crippen LogP contribution is 2.75. The van der Waals surface area contributed by atoms with E-state index in [1.54, 1.807) is 25.7 Å². The Bertz CT molecular complexity index is 453. The molecule has 1 saturated heterocycles. The molecule has 9 unspecified atom stereocenters. The molecule has 0 radical (unpaired) electrons. The molecule has 0 bridgehead atoms. The number of fused-ring (bicyclic) bond motifs is 5. The van der Waals surface area contributed by atoms with Gasteiger partial charge in [0.25, 0.3) is 0 Å². The average molecular weight is 352 g/mol. The second-order valence-corrected chi connectivity index (χ2v) is 17.2. The first kappa shape index (κ1) is 17.0. The van der Waals surface area contributed by atoms with Gasteiger partial charge in [-0.15, -0.1) is 7.92 Å². The molecule has 1 nitrogen and oxygen atoms in total. The van der Waals surface area contributed by atoms with E-state index >= 15 is 0 Å². The Balaban J connectivity index is 1.72. The summed E-state index contributed by atoms with van der Waals surface area (Å²) in [5.74, 6) is 5.47. The Labute approximate surface area is 146 Å². The van der Waals surface area contributed by atoms with Crippen LogP contribution in [-0.4, -0.2) is 33.3 Å². The summed E-state index contributed by atoms with van der Waals surface area (Å²) >= 11 is 0. The largest absolute Gasteiger partial charge is 0.340 e. The molecule has 4 aliphatic rings. The van der Waals surface area contributed by atoms with E-state index in [0.29, 0.717) is 0 Å². The van der Waals surface area contributed by atoms with Gasteiger partial charge in [0, 0.05) is 0 Å². The minimum absolute atomic E-state index is 0.267. The first-order valence-corrected chi connectivity index (χ1v) is 15.4. The minimum Gasteiger partial charge on any atom is -0.340 e. The highest BCUT2D eigenvalue weighted by Gasteiger charge is 2.64. The van der Waals surface area contributed by atoms with Crippen LogP contribution in [0.1, 0.15) is 51.9 Å². The molecule has 3 heteroatoms. The van der Waals surface area contributed by atoms with Crippen molar-refractivity contribution in [1.29, 1.82) is 0 Å². The Hall–Kier alpha value is 0.607. The molecule has 1 heterocycles. The van der Waals surface area contributed by atoms with E-state index in [4.69, 9.17) is 0 Å². The van der Waals surface area contributed by atoms with Gasteiger partial charge in [0.1, 0.15) is 8.24 Å². The predicted molar refractivity (Wildman–Crippen MR) is 106 cm³/mol. The van der Waals surface area contributed by atoms with Gasteiger partial charge in [0.15, 0.2) is 0 Å². The molecule has 0 aromatic rings. The van der Waals surface area contributed by atoms with Crippen molar-refractivity contribution < 1.29 is 0 Å². The lowest BCUT2D eigenvalue weighted by atomic mass is 9.68. The van der Waals surface area contributed by atoms with Crippen molar-refractivity contribution in [3.63, 3.8) is 0 Å². The molecule has 4 fully saturated rings. The van der Waals surface area contributed by atoms with Gasteiger partial charge in [0.2, 0.25) is 0 Å². The number of nitrogens with one attached hydrogen (secondary N) is 1. The summed E-state index contributed by atoms with van der Waals surface area (Å²) in [5, 5.41) is 0. The summed E-state index contributed by atoms with van der Waals surface area (Å²) in [5.41, 5.74) is 3.36. The smallest absolute Gasteiger partial charge is 0.123 e. The fraction of sp³-hybridized carbons (Fsp3) is 1.00. The summed E-state index contributed by atoms with van der Waals surface area (Å²) in [7, 11) is 1.25. The topological polar surface area (TPSA) is 12.0 Å². The normalized spacial score (nSPS) is 52.8. The average Bonchev–Trinajstić information content (AvgIpc) is 3.02. The second kappa shape index (κ2) is 6.10. The van der Waals surface area contributed by atoms with Gasteiger partial charge in [-0.25, -0.2) is 0 Å².